The molecule has 0 aliphatic carbocycles. The molecule has 1 aliphatic heterocycles. The molecule has 28 heavy (non-hydrogen) atoms. The molecule has 1 aromatic carbocycles. The number of pyridine rings is 1. The van der Waals surface area contributed by atoms with Gasteiger partial charge in [0.25, 0.3) is 5.91 Å². The van der Waals surface area contributed by atoms with E-state index < -0.39 is 0 Å². The summed E-state index contributed by atoms with van der Waals surface area (Å²) in [6.45, 7) is 5.24. The van der Waals surface area contributed by atoms with Gasteiger partial charge in [0.2, 0.25) is 0 Å². The van der Waals surface area contributed by atoms with Gasteiger partial charge in [0.05, 0.1) is 18.8 Å². The molecule has 1 amide bonds. The summed E-state index contributed by atoms with van der Waals surface area (Å²) in [6.07, 6.45) is 4.64. The van der Waals surface area contributed by atoms with Gasteiger partial charge in [-0.1, -0.05) is 12.1 Å². The number of nitrogens with zero attached hydrogens (tertiary/aromatic N) is 2. The minimum atomic E-state index is -0.0821. The Morgan fingerprint density at radius 1 is 1.29 bits per heavy atom. The van der Waals surface area contributed by atoms with Gasteiger partial charge in [0, 0.05) is 32.4 Å². The molecule has 1 fully saturated rings. The molecule has 0 radical (unpaired) electrons. The molecule has 6 nitrogen and oxygen atoms in total. The number of hydrogen-bond acceptors (Lipinski definition) is 5. The van der Waals surface area contributed by atoms with Crippen LogP contribution in [-0.2, 0) is 11.2 Å². The molecule has 0 saturated carbocycles. The van der Waals surface area contributed by atoms with Crippen LogP contribution in [0.15, 0.2) is 42.6 Å². The number of nitrogens with one attached hydrogen (secondary N) is 1. The number of rotatable bonds is 7. The topological polar surface area (TPSA) is 63.7 Å². The number of hydrogen-bond donors (Lipinski definition) is 1. The van der Waals surface area contributed by atoms with Gasteiger partial charge < -0.3 is 19.7 Å². The zero-order chi connectivity index (χ0) is 19.8. The third-order valence-electron chi connectivity index (χ3n) is 4.87. The van der Waals surface area contributed by atoms with Crippen LogP contribution in [0.1, 0.15) is 35.7 Å². The first-order valence-corrected chi connectivity index (χ1v) is 9.89. The third-order valence-corrected chi connectivity index (χ3v) is 4.87. The second kappa shape index (κ2) is 10.1. The lowest BCUT2D eigenvalue weighted by Crippen LogP contribution is -2.31. The van der Waals surface area contributed by atoms with Crippen molar-refractivity contribution < 1.29 is 14.3 Å². The monoisotopic (exact) mass is 383 g/mol. The van der Waals surface area contributed by atoms with Crippen LogP contribution >= 0.6 is 0 Å². The van der Waals surface area contributed by atoms with Crippen molar-refractivity contribution in [3.05, 3.63) is 53.7 Å². The summed E-state index contributed by atoms with van der Waals surface area (Å²) in [4.78, 5) is 19.0. The average molecular weight is 383 g/mol. The van der Waals surface area contributed by atoms with E-state index in [4.69, 9.17) is 9.47 Å². The van der Waals surface area contributed by atoms with E-state index in [9.17, 15) is 4.79 Å². The maximum atomic E-state index is 12.3. The van der Waals surface area contributed by atoms with E-state index in [1.165, 1.54) is 5.56 Å². The van der Waals surface area contributed by atoms with Crippen LogP contribution in [-0.4, -0.2) is 50.3 Å². The molecule has 1 atom stereocenters. The van der Waals surface area contributed by atoms with E-state index in [0.29, 0.717) is 12.1 Å². The normalized spacial score (nSPS) is 17.1. The molecule has 1 N–H and O–H groups in total. The Balaban J connectivity index is 1.45. The maximum absolute atomic E-state index is 12.3. The summed E-state index contributed by atoms with van der Waals surface area (Å²) in [5.74, 6) is 1.67. The highest BCUT2D eigenvalue weighted by Crippen LogP contribution is 2.16. The fourth-order valence-electron chi connectivity index (χ4n) is 3.30. The number of carbonyl (C=O) groups is 1. The molecule has 3 rings (SSSR count). The number of ether oxygens (including phenoxy) is 2. The molecule has 2 heterocycles. The van der Waals surface area contributed by atoms with Gasteiger partial charge in [-0.3, -0.25) is 4.79 Å². The van der Waals surface area contributed by atoms with E-state index in [1.54, 1.807) is 13.3 Å². The molecule has 6 heteroatoms. The zero-order valence-electron chi connectivity index (χ0n) is 16.7. The van der Waals surface area contributed by atoms with Gasteiger partial charge in [-0.25, -0.2) is 4.98 Å². The van der Waals surface area contributed by atoms with E-state index in [1.807, 2.05) is 24.3 Å². The predicted molar refractivity (Wildman–Crippen MR) is 110 cm³/mol. The van der Waals surface area contributed by atoms with Gasteiger partial charge in [0.15, 0.2) is 0 Å². The Bertz CT molecular complexity index is 747. The number of carbonyl (C=O) groups excluding carboxylic acids is 1. The fraction of sp³-hybridized carbons (Fsp3) is 0.455. The standard InChI is InChI=1S/C22H29N3O3/c1-17-16-25(13-4-14-28-17)21-11-8-19(15-24-21)22(26)23-12-3-5-18-6-9-20(27-2)10-7-18/h6-11,15,17H,3-5,12-14,16H2,1-2H3,(H,23,26)/t17-/m0/s1. The molecule has 1 saturated heterocycles. The van der Waals surface area contributed by atoms with Gasteiger partial charge in [0.1, 0.15) is 11.6 Å². The maximum Gasteiger partial charge on any atom is 0.252 e. The van der Waals surface area contributed by atoms with E-state index >= 15 is 0 Å². The molecule has 150 valence electrons. The van der Waals surface area contributed by atoms with Crippen molar-refractivity contribution in [2.45, 2.75) is 32.3 Å². The van der Waals surface area contributed by atoms with Crippen molar-refractivity contribution in [1.29, 1.82) is 0 Å². The van der Waals surface area contributed by atoms with Crippen LogP contribution in [0.5, 0.6) is 5.75 Å². The van der Waals surface area contributed by atoms with E-state index in [2.05, 4.69) is 34.3 Å². The minimum Gasteiger partial charge on any atom is -0.497 e. The largest absolute Gasteiger partial charge is 0.497 e. The molecule has 0 bridgehead atoms. The highest BCUT2D eigenvalue weighted by atomic mass is 16.5. The number of benzene rings is 1. The summed E-state index contributed by atoms with van der Waals surface area (Å²) in [6, 6.07) is 11.8. The van der Waals surface area contributed by atoms with Crippen LogP contribution in [0.3, 0.4) is 0 Å². The highest BCUT2D eigenvalue weighted by Gasteiger charge is 2.16. The van der Waals surface area contributed by atoms with Gasteiger partial charge in [-0.15, -0.1) is 0 Å². The summed E-state index contributed by atoms with van der Waals surface area (Å²) < 4.78 is 10.8. The van der Waals surface area contributed by atoms with Crippen LogP contribution in [0.2, 0.25) is 0 Å². The highest BCUT2D eigenvalue weighted by molar-refractivity contribution is 5.94. The Hall–Kier alpha value is -2.60. The smallest absolute Gasteiger partial charge is 0.252 e. The quantitative estimate of drug-likeness (QED) is 0.745. The summed E-state index contributed by atoms with van der Waals surface area (Å²) in [7, 11) is 1.66. The van der Waals surface area contributed by atoms with Crippen molar-refractivity contribution in [2.75, 3.05) is 38.3 Å². The molecular formula is C22H29N3O3. The Kier molecular flexibility index (Phi) is 7.25. The lowest BCUT2D eigenvalue weighted by molar-refractivity contribution is 0.0820. The van der Waals surface area contributed by atoms with Crippen molar-refractivity contribution in [3.8, 4) is 5.75 Å². The van der Waals surface area contributed by atoms with Crippen LogP contribution in [0.25, 0.3) is 0 Å². The van der Waals surface area contributed by atoms with E-state index in [-0.39, 0.29) is 12.0 Å². The average Bonchev–Trinajstić information content (AvgIpc) is 2.96. The lowest BCUT2D eigenvalue weighted by atomic mass is 10.1. The first-order valence-electron chi connectivity index (χ1n) is 9.89. The van der Waals surface area contributed by atoms with E-state index in [0.717, 1.165) is 50.5 Å². The third kappa shape index (κ3) is 5.70. The summed E-state index contributed by atoms with van der Waals surface area (Å²) in [5.41, 5.74) is 1.82. The molecule has 0 spiro atoms. The lowest BCUT2D eigenvalue weighted by Gasteiger charge is -2.23. The second-order valence-corrected chi connectivity index (χ2v) is 7.09. The summed E-state index contributed by atoms with van der Waals surface area (Å²) >= 11 is 0. The van der Waals surface area contributed by atoms with Crippen LogP contribution < -0.4 is 15.0 Å². The summed E-state index contributed by atoms with van der Waals surface area (Å²) in [5, 5.41) is 2.97. The molecule has 1 aromatic heterocycles. The number of aromatic nitrogens is 1. The first kappa shape index (κ1) is 20.1. The molecule has 2 aromatic rings. The number of anilines is 1. The van der Waals surface area contributed by atoms with Crippen LogP contribution in [0, 0.1) is 0 Å². The molecular weight excluding hydrogens is 354 g/mol. The minimum absolute atomic E-state index is 0.0821. The number of amides is 1. The van der Waals surface area contributed by atoms with Crippen molar-refractivity contribution >= 4 is 11.7 Å². The van der Waals surface area contributed by atoms with Crippen molar-refractivity contribution in [2.24, 2.45) is 0 Å². The Morgan fingerprint density at radius 3 is 2.82 bits per heavy atom. The molecule has 0 unspecified atom stereocenters. The van der Waals surface area contributed by atoms with Gasteiger partial charge in [-0.05, 0) is 56.0 Å². The first-order chi connectivity index (χ1) is 13.7. The Labute approximate surface area is 166 Å². The Morgan fingerprint density at radius 2 is 2.11 bits per heavy atom. The van der Waals surface area contributed by atoms with Gasteiger partial charge >= 0.3 is 0 Å². The second-order valence-electron chi connectivity index (χ2n) is 7.09. The molecule has 1 aliphatic rings. The number of aryl methyl sites for hydroxylation is 1. The van der Waals surface area contributed by atoms with Gasteiger partial charge in [-0.2, -0.15) is 0 Å². The van der Waals surface area contributed by atoms with Crippen molar-refractivity contribution in [1.82, 2.24) is 10.3 Å². The van der Waals surface area contributed by atoms with Crippen LogP contribution in [0.4, 0.5) is 5.82 Å². The number of methoxy groups -OCH3 is 1. The fourth-order valence-corrected chi connectivity index (χ4v) is 3.30. The predicted octanol–water partition coefficient (Wildman–Crippen LogP) is 3.07. The zero-order valence-corrected chi connectivity index (χ0v) is 16.7. The SMILES string of the molecule is COc1ccc(CCCNC(=O)c2ccc(N3CCCO[C@@H](C)C3)nc2)cc1. The van der Waals surface area contributed by atoms with Crippen molar-refractivity contribution in [3.63, 3.8) is 0 Å².